The third-order valence-corrected chi connectivity index (χ3v) is 7.02. The van der Waals surface area contributed by atoms with Gasteiger partial charge in [0.25, 0.3) is 0 Å². The van der Waals surface area contributed by atoms with Gasteiger partial charge in [0.2, 0.25) is 5.78 Å². The summed E-state index contributed by atoms with van der Waals surface area (Å²) in [5.41, 5.74) is 2.34. The molecule has 0 radical (unpaired) electrons. The molecule has 0 saturated carbocycles. The number of carbonyl (C=O) groups is 1. The predicted octanol–water partition coefficient (Wildman–Crippen LogP) is 8.43. The number of thioether (sulfide) groups is 1. The van der Waals surface area contributed by atoms with Gasteiger partial charge in [-0.1, -0.05) is 69.1 Å². The van der Waals surface area contributed by atoms with Crippen molar-refractivity contribution < 1.29 is 9.53 Å². The molecule has 0 unspecified atom stereocenters. The van der Waals surface area contributed by atoms with E-state index in [0.29, 0.717) is 20.7 Å². The maximum atomic E-state index is 12.8. The Morgan fingerprint density at radius 2 is 1.83 bits per heavy atom. The fourth-order valence-corrected chi connectivity index (χ4v) is 5.78. The molecule has 0 aromatic heterocycles. The Labute approximate surface area is 199 Å². The molecule has 3 aromatic carbocycles. The van der Waals surface area contributed by atoms with Crippen LogP contribution in [0.4, 0.5) is 0 Å². The minimum absolute atomic E-state index is 0.0217. The van der Waals surface area contributed by atoms with E-state index in [1.165, 1.54) is 11.8 Å². The van der Waals surface area contributed by atoms with E-state index in [4.69, 9.17) is 27.9 Å². The summed E-state index contributed by atoms with van der Waals surface area (Å²) in [6.45, 7) is 0.272. The van der Waals surface area contributed by atoms with Gasteiger partial charge in [-0.2, -0.15) is 0 Å². The number of Topliss-reactive ketones (excluding diaryl/α,β-unsaturated/α-hetero) is 1. The van der Waals surface area contributed by atoms with Crippen molar-refractivity contribution in [1.82, 2.24) is 0 Å². The van der Waals surface area contributed by atoms with Crippen LogP contribution in [-0.2, 0) is 6.61 Å². The topological polar surface area (TPSA) is 26.3 Å². The molecule has 146 valence electrons. The molecule has 0 amide bonds. The average molecular weight is 571 g/mol. The van der Waals surface area contributed by atoms with E-state index in [0.717, 1.165) is 30.5 Å². The van der Waals surface area contributed by atoms with Crippen molar-refractivity contribution >= 4 is 78.7 Å². The molecule has 29 heavy (non-hydrogen) atoms. The van der Waals surface area contributed by atoms with E-state index < -0.39 is 0 Å². The molecule has 1 aliphatic rings. The molecule has 4 rings (SSSR count). The zero-order valence-electron chi connectivity index (χ0n) is 14.7. The molecule has 0 spiro atoms. The zero-order chi connectivity index (χ0) is 20.5. The van der Waals surface area contributed by atoms with Gasteiger partial charge in [0, 0.05) is 36.1 Å². The molecule has 7 heteroatoms. The Kier molecular flexibility index (Phi) is 6.42. The maximum Gasteiger partial charge on any atom is 0.200 e. The second-order valence-corrected chi connectivity index (χ2v) is 9.96. The fourth-order valence-electron chi connectivity index (χ4n) is 2.91. The fraction of sp³-hybridized carbons (Fsp3) is 0.0455. The molecule has 0 saturated heterocycles. The lowest BCUT2D eigenvalue weighted by molar-refractivity contribution is 0.104. The SMILES string of the molecule is O=C1C(=Cc2cc(Br)cc(Br)c2OCc2ccc(Cl)cc2Cl)Sc2ccccc21. The molecule has 3 aromatic rings. The number of halogens is 4. The van der Waals surface area contributed by atoms with Crippen molar-refractivity contribution in [2.75, 3.05) is 0 Å². The van der Waals surface area contributed by atoms with Crippen LogP contribution >= 0.6 is 66.8 Å². The van der Waals surface area contributed by atoms with Crippen LogP contribution < -0.4 is 4.74 Å². The summed E-state index contributed by atoms with van der Waals surface area (Å²) in [7, 11) is 0. The van der Waals surface area contributed by atoms with Crippen molar-refractivity contribution in [3.05, 3.63) is 95.2 Å². The summed E-state index contributed by atoms with van der Waals surface area (Å²) in [4.78, 5) is 14.4. The largest absolute Gasteiger partial charge is 0.487 e. The molecule has 0 atom stereocenters. The predicted molar refractivity (Wildman–Crippen MR) is 127 cm³/mol. The number of ether oxygens (including phenoxy) is 1. The number of hydrogen-bond donors (Lipinski definition) is 0. The van der Waals surface area contributed by atoms with Crippen LogP contribution in [0.5, 0.6) is 5.75 Å². The van der Waals surface area contributed by atoms with Crippen LogP contribution in [0, 0.1) is 0 Å². The van der Waals surface area contributed by atoms with E-state index in [1.54, 1.807) is 12.1 Å². The number of carbonyl (C=O) groups excluding carboxylic acids is 1. The van der Waals surface area contributed by atoms with Crippen molar-refractivity contribution in [3.63, 3.8) is 0 Å². The smallest absolute Gasteiger partial charge is 0.200 e. The molecule has 1 heterocycles. The molecule has 2 nitrogen and oxygen atoms in total. The van der Waals surface area contributed by atoms with Gasteiger partial charge < -0.3 is 4.74 Å². The molecule has 0 bridgehead atoms. The number of fused-ring (bicyclic) bond motifs is 1. The van der Waals surface area contributed by atoms with Gasteiger partial charge in [-0.3, -0.25) is 4.79 Å². The van der Waals surface area contributed by atoms with Crippen molar-refractivity contribution in [1.29, 1.82) is 0 Å². The van der Waals surface area contributed by atoms with Crippen LogP contribution in [-0.4, -0.2) is 5.78 Å². The van der Waals surface area contributed by atoms with Crippen molar-refractivity contribution in [3.8, 4) is 5.75 Å². The van der Waals surface area contributed by atoms with Gasteiger partial charge in [0.15, 0.2) is 0 Å². The van der Waals surface area contributed by atoms with E-state index >= 15 is 0 Å². The van der Waals surface area contributed by atoms with Crippen LogP contribution in [0.1, 0.15) is 21.5 Å². The summed E-state index contributed by atoms with van der Waals surface area (Å²) in [5.74, 6) is 0.657. The lowest BCUT2D eigenvalue weighted by Gasteiger charge is -2.13. The summed E-state index contributed by atoms with van der Waals surface area (Å²) in [6.07, 6.45) is 1.86. The molecule has 1 aliphatic heterocycles. The molecular formula is C22H12Br2Cl2O2S. The Morgan fingerprint density at radius 3 is 2.59 bits per heavy atom. The summed E-state index contributed by atoms with van der Waals surface area (Å²) < 4.78 is 7.74. The summed E-state index contributed by atoms with van der Waals surface area (Å²) in [6, 6.07) is 16.7. The normalized spacial score (nSPS) is 14.3. The van der Waals surface area contributed by atoms with Gasteiger partial charge in [0.05, 0.1) is 9.38 Å². The first-order chi connectivity index (χ1) is 13.9. The first-order valence-electron chi connectivity index (χ1n) is 8.51. The highest BCUT2D eigenvalue weighted by Crippen LogP contribution is 2.43. The van der Waals surface area contributed by atoms with E-state index in [9.17, 15) is 4.79 Å². The van der Waals surface area contributed by atoms with E-state index in [1.807, 2.05) is 48.5 Å². The maximum absolute atomic E-state index is 12.8. The molecule has 0 aliphatic carbocycles. The molecule has 0 N–H and O–H groups in total. The Morgan fingerprint density at radius 1 is 1.03 bits per heavy atom. The van der Waals surface area contributed by atoms with Crippen molar-refractivity contribution in [2.24, 2.45) is 0 Å². The number of ketones is 1. The van der Waals surface area contributed by atoms with Gasteiger partial charge in [-0.05, 0) is 58.4 Å². The lowest BCUT2D eigenvalue weighted by Crippen LogP contribution is -2.00. The monoisotopic (exact) mass is 568 g/mol. The molecular weight excluding hydrogens is 559 g/mol. The molecule has 0 fully saturated rings. The third kappa shape index (κ3) is 4.59. The van der Waals surface area contributed by atoms with Crippen molar-refractivity contribution in [2.45, 2.75) is 11.5 Å². The quantitative estimate of drug-likeness (QED) is 0.294. The lowest BCUT2D eigenvalue weighted by atomic mass is 10.1. The standard InChI is InChI=1S/C22H12Br2Cl2O2S/c23-14-7-13(8-20-21(27)16-3-1-2-4-19(16)29-20)22(17(24)9-14)28-11-12-5-6-15(25)10-18(12)26/h1-10H,11H2. The highest BCUT2D eigenvalue weighted by Gasteiger charge is 2.26. The number of rotatable bonds is 4. The van der Waals surface area contributed by atoms with Gasteiger partial charge in [0.1, 0.15) is 12.4 Å². The van der Waals surface area contributed by atoms with Crippen LogP contribution in [0.2, 0.25) is 10.0 Å². The van der Waals surface area contributed by atoms with Crippen LogP contribution in [0.25, 0.3) is 6.08 Å². The number of allylic oxidation sites excluding steroid dienone is 1. The second kappa shape index (κ2) is 8.86. The van der Waals surface area contributed by atoms with Gasteiger partial charge >= 0.3 is 0 Å². The number of benzene rings is 3. The van der Waals surface area contributed by atoms with Crippen LogP contribution in [0.15, 0.2) is 73.3 Å². The average Bonchev–Trinajstić information content (AvgIpc) is 2.98. The summed E-state index contributed by atoms with van der Waals surface area (Å²) in [5, 5.41) is 1.12. The zero-order valence-corrected chi connectivity index (χ0v) is 20.2. The number of hydrogen-bond acceptors (Lipinski definition) is 3. The van der Waals surface area contributed by atoms with Gasteiger partial charge in [-0.15, -0.1) is 0 Å². The Balaban J connectivity index is 1.67. The Hall–Kier alpha value is -1.24. The van der Waals surface area contributed by atoms with Crippen LogP contribution in [0.3, 0.4) is 0 Å². The second-order valence-electron chi connectivity index (χ2n) is 6.27. The van der Waals surface area contributed by atoms with E-state index in [-0.39, 0.29) is 12.4 Å². The van der Waals surface area contributed by atoms with Gasteiger partial charge in [-0.25, -0.2) is 0 Å². The highest BCUT2D eigenvalue weighted by atomic mass is 79.9. The first kappa shape index (κ1) is 21.0. The minimum atomic E-state index is 0.0217. The Bertz CT molecular complexity index is 1160. The summed E-state index contributed by atoms with van der Waals surface area (Å²) >= 11 is 20.8. The minimum Gasteiger partial charge on any atom is -0.487 e. The third-order valence-electron chi connectivity index (χ3n) is 4.29. The first-order valence-corrected chi connectivity index (χ1v) is 11.7. The highest BCUT2D eigenvalue weighted by molar-refractivity contribution is 9.11. The van der Waals surface area contributed by atoms with E-state index in [2.05, 4.69) is 31.9 Å².